The van der Waals surface area contributed by atoms with Gasteiger partial charge in [-0.05, 0) is 72.1 Å². The summed E-state index contributed by atoms with van der Waals surface area (Å²) in [6.45, 7) is 6.83. The summed E-state index contributed by atoms with van der Waals surface area (Å²) in [5, 5.41) is 12.6. The van der Waals surface area contributed by atoms with Gasteiger partial charge in [0.2, 0.25) is 5.91 Å². The lowest BCUT2D eigenvalue weighted by molar-refractivity contribution is -0.113. The minimum Gasteiger partial charge on any atom is -0.486 e. The van der Waals surface area contributed by atoms with Gasteiger partial charge >= 0.3 is 0 Å². The molecule has 0 saturated carbocycles. The lowest BCUT2D eigenvalue weighted by Gasteiger charge is -2.11. The summed E-state index contributed by atoms with van der Waals surface area (Å²) in [7, 11) is 0. The van der Waals surface area contributed by atoms with Crippen LogP contribution in [0.3, 0.4) is 0 Å². The van der Waals surface area contributed by atoms with Crippen molar-refractivity contribution >= 4 is 51.0 Å². The van der Waals surface area contributed by atoms with Crippen LogP contribution >= 0.6 is 39.3 Å². The molecule has 3 rings (SSSR count). The van der Waals surface area contributed by atoms with Crippen LogP contribution < -0.4 is 10.1 Å². The number of aromatic nitrogens is 4. The van der Waals surface area contributed by atoms with Gasteiger partial charge in [-0.1, -0.05) is 23.4 Å². The minimum absolute atomic E-state index is 0.162. The summed E-state index contributed by atoms with van der Waals surface area (Å²) < 4.78 is 8.68. The van der Waals surface area contributed by atoms with Gasteiger partial charge in [-0.3, -0.25) is 4.79 Å². The number of carbonyl (C=O) groups is 1. The fourth-order valence-electron chi connectivity index (χ4n) is 2.75. The number of pyridine rings is 1. The van der Waals surface area contributed by atoms with Crippen molar-refractivity contribution in [2.24, 2.45) is 0 Å². The minimum atomic E-state index is -0.162. The largest absolute Gasteiger partial charge is 0.486 e. The van der Waals surface area contributed by atoms with Gasteiger partial charge in [-0.2, -0.15) is 0 Å². The molecule has 0 fully saturated rings. The Balaban J connectivity index is 1.59. The maximum atomic E-state index is 12.2. The highest BCUT2D eigenvalue weighted by Gasteiger charge is 2.14. The first-order valence-corrected chi connectivity index (χ1v) is 11.4. The van der Waals surface area contributed by atoms with Gasteiger partial charge in [-0.15, -0.1) is 10.2 Å². The van der Waals surface area contributed by atoms with Crippen LogP contribution in [0.2, 0.25) is 5.02 Å². The second-order valence-electron chi connectivity index (χ2n) is 6.50. The molecule has 0 aliphatic heterocycles. The number of hydrogen-bond donors (Lipinski definition) is 1. The molecule has 0 saturated heterocycles. The monoisotopic (exact) mass is 509 g/mol. The summed E-state index contributed by atoms with van der Waals surface area (Å²) in [5.74, 6) is 1.97. The molecule has 0 radical (unpaired) electrons. The number of halogens is 2. The number of anilines is 1. The van der Waals surface area contributed by atoms with E-state index in [0.717, 1.165) is 26.4 Å². The quantitative estimate of drug-likeness (QED) is 0.428. The topological polar surface area (TPSA) is 81.9 Å². The fourth-order valence-corrected chi connectivity index (χ4v) is 3.91. The third-order valence-corrected chi connectivity index (χ3v) is 6.25. The van der Waals surface area contributed by atoms with E-state index in [9.17, 15) is 4.79 Å². The van der Waals surface area contributed by atoms with Crippen LogP contribution in [0, 0.1) is 13.8 Å². The van der Waals surface area contributed by atoms with Crippen molar-refractivity contribution in [1.82, 2.24) is 19.7 Å². The van der Waals surface area contributed by atoms with Crippen LogP contribution in [0.15, 0.2) is 40.1 Å². The molecule has 1 N–H and O–H groups in total. The van der Waals surface area contributed by atoms with Gasteiger partial charge < -0.3 is 14.6 Å². The van der Waals surface area contributed by atoms with Crippen molar-refractivity contribution in [3.8, 4) is 5.75 Å². The van der Waals surface area contributed by atoms with Crippen LogP contribution in [0.1, 0.15) is 23.9 Å². The third kappa shape index (κ3) is 5.74. The first-order chi connectivity index (χ1) is 14.4. The van der Waals surface area contributed by atoms with Crippen molar-refractivity contribution < 1.29 is 9.53 Å². The lowest BCUT2D eigenvalue weighted by Crippen LogP contribution is -2.15. The van der Waals surface area contributed by atoms with Crippen LogP contribution in [0.4, 0.5) is 5.82 Å². The number of thioether (sulfide) groups is 1. The van der Waals surface area contributed by atoms with Crippen molar-refractivity contribution in [3.63, 3.8) is 0 Å². The van der Waals surface area contributed by atoms with Gasteiger partial charge in [0.15, 0.2) is 11.0 Å². The molecule has 7 nitrogen and oxygen atoms in total. The standard InChI is InChI=1S/C20H21BrClN5O2S/c1-4-27-17(10-29-15-7-12(2)19(22)13(3)8-15)25-26-20(27)30-11-18(28)24-16-6-5-14(21)9-23-16/h5-9H,4,10-11H2,1-3H3,(H,23,24,28). The van der Waals surface area contributed by atoms with Gasteiger partial charge in [0.1, 0.15) is 18.2 Å². The highest BCUT2D eigenvalue weighted by atomic mass is 79.9. The van der Waals surface area contributed by atoms with Crippen LogP contribution in [0.25, 0.3) is 0 Å². The van der Waals surface area contributed by atoms with Crippen LogP contribution in [-0.4, -0.2) is 31.4 Å². The first-order valence-electron chi connectivity index (χ1n) is 9.23. The van der Waals surface area contributed by atoms with E-state index in [1.54, 1.807) is 12.3 Å². The predicted molar refractivity (Wildman–Crippen MR) is 122 cm³/mol. The number of aryl methyl sites for hydroxylation is 2. The molecule has 2 heterocycles. The van der Waals surface area contributed by atoms with E-state index < -0.39 is 0 Å². The first kappa shape index (κ1) is 22.6. The summed E-state index contributed by atoms with van der Waals surface area (Å²) in [5.41, 5.74) is 1.93. The van der Waals surface area contributed by atoms with Crippen LogP contribution in [-0.2, 0) is 17.9 Å². The number of nitrogens with zero attached hydrogens (tertiary/aromatic N) is 4. The average molecular weight is 511 g/mol. The Hall–Kier alpha value is -2.10. The van der Waals surface area contributed by atoms with E-state index >= 15 is 0 Å². The molecule has 0 unspecified atom stereocenters. The molecule has 0 bridgehead atoms. The molecule has 3 aromatic rings. The highest BCUT2D eigenvalue weighted by Crippen LogP contribution is 2.26. The molecule has 1 amide bonds. The Bertz CT molecular complexity index is 1020. The number of amides is 1. The van der Waals surface area contributed by atoms with E-state index in [0.29, 0.717) is 23.3 Å². The molecular formula is C20H21BrClN5O2S. The predicted octanol–water partition coefficient (Wildman–Crippen LogP) is 5.04. The number of rotatable bonds is 8. The maximum absolute atomic E-state index is 12.2. The Morgan fingerprint density at radius 2 is 2.00 bits per heavy atom. The van der Waals surface area contributed by atoms with Crippen molar-refractivity contribution in [1.29, 1.82) is 0 Å². The van der Waals surface area contributed by atoms with E-state index in [-0.39, 0.29) is 18.3 Å². The van der Waals surface area contributed by atoms with Crippen LogP contribution in [0.5, 0.6) is 5.75 Å². The second kappa shape index (κ2) is 10.3. The number of carbonyl (C=O) groups excluding carboxylic acids is 1. The van der Waals surface area contributed by atoms with Gasteiger partial charge in [-0.25, -0.2) is 4.98 Å². The van der Waals surface area contributed by atoms with E-state index in [1.165, 1.54) is 11.8 Å². The van der Waals surface area contributed by atoms with Gasteiger partial charge in [0.05, 0.1) is 5.75 Å². The summed E-state index contributed by atoms with van der Waals surface area (Å²) >= 11 is 10.8. The molecule has 0 aliphatic carbocycles. The summed E-state index contributed by atoms with van der Waals surface area (Å²) in [6.07, 6.45) is 1.63. The van der Waals surface area contributed by atoms with E-state index in [2.05, 4.69) is 36.4 Å². The van der Waals surface area contributed by atoms with E-state index in [4.69, 9.17) is 16.3 Å². The van der Waals surface area contributed by atoms with E-state index in [1.807, 2.05) is 43.5 Å². The van der Waals surface area contributed by atoms with Gasteiger partial charge in [0.25, 0.3) is 0 Å². The molecule has 2 aromatic heterocycles. The number of hydrogen-bond acceptors (Lipinski definition) is 6. The molecule has 158 valence electrons. The zero-order valence-corrected chi connectivity index (χ0v) is 19.9. The molecular weight excluding hydrogens is 490 g/mol. The zero-order chi connectivity index (χ0) is 21.7. The molecule has 0 aliphatic rings. The zero-order valence-electron chi connectivity index (χ0n) is 16.8. The molecule has 0 atom stereocenters. The highest BCUT2D eigenvalue weighted by molar-refractivity contribution is 9.10. The number of benzene rings is 1. The summed E-state index contributed by atoms with van der Waals surface area (Å²) in [6, 6.07) is 7.35. The van der Waals surface area contributed by atoms with Gasteiger partial charge in [0, 0.05) is 22.2 Å². The van der Waals surface area contributed by atoms with Crippen molar-refractivity contribution in [2.45, 2.75) is 39.1 Å². The normalized spacial score (nSPS) is 10.8. The molecule has 30 heavy (non-hydrogen) atoms. The summed E-state index contributed by atoms with van der Waals surface area (Å²) in [4.78, 5) is 16.3. The molecule has 0 spiro atoms. The van der Waals surface area contributed by atoms with Crippen molar-refractivity contribution in [3.05, 3.63) is 56.9 Å². The molecule has 1 aromatic carbocycles. The lowest BCUT2D eigenvalue weighted by atomic mass is 10.1. The average Bonchev–Trinajstić information content (AvgIpc) is 3.12. The second-order valence-corrected chi connectivity index (χ2v) is 8.74. The Kier molecular flexibility index (Phi) is 7.74. The third-order valence-electron chi connectivity index (χ3n) is 4.21. The fraction of sp³-hybridized carbons (Fsp3) is 0.300. The van der Waals surface area contributed by atoms with Crippen molar-refractivity contribution in [2.75, 3.05) is 11.1 Å². The smallest absolute Gasteiger partial charge is 0.236 e. The Morgan fingerprint density at radius 1 is 1.27 bits per heavy atom. The number of ether oxygens (including phenoxy) is 1. The number of nitrogens with one attached hydrogen (secondary N) is 1. The maximum Gasteiger partial charge on any atom is 0.236 e. The molecule has 10 heteroatoms. The Morgan fingerprint density at radius 3 is 2.63 bits per heavy atom. The Labute approximate surface area is 192 Å². The SMILES string of the molecule is CCn1c(COc2cc(C)c(Cl)c(C)c2)nnc1SCC(=O)Nc1ccc(Br)cn1.